The molecular formula is C18H24N4O3S. The van der Waals surface area contributed by atoms with Crippen LogP contribution >= 0.6 is 0 Å². The van der Waals surface area contributed by atoms with E-state index in [4.69, 9.17) is 0 Å². The summed E-state index contributed by atoms with van der Waals surface area (Å²) in [5.74, 6) is 0.136. The standard InChI is InChI=1S/C18H24N4O3S/c1-20(2)26(24,25)21-10-13-7-8-15(12-21)22(11-13)18(23)17-9-14-5-3-4-6-16(14)19-17/h3-6,9,13,15,19H,7-8,10-12H2,1-2H3/t13-,15+/m1/s1. The molecule has 4 heterocycles. The molecule has 2 bridgehead atoms. The summed E-state index contributed by atoms with van der Waals surface area (Å²) in [6.07, 6.45) is 1.80. The first-order chi connectivity index (χ1) is 12.4. The monoisotopic (exact) mass is 376 g/mol. The molecule has 3 aliphatic heterocycles. The number of aromatic nitrogens is 1. The predicted octanol–water partition coefficient (Wildman–Crippen LogP) is 1.51. The quantitative estimate of drug-likeness (QED) is 0.882. The number of H-pyrrole nitrogens is 1. The van der Waals surface area contributed by atoms with Crippen LogP contribution in [-0.4, -0.2) is 72.6 Å². The largest absolute Gasteiger partial charge is 0.351 e. The number of hydrogen-bond acceptors (Lipinski definition) is 3. The van der Waals surface area contributed by atoms with E-state index in [9.17, 15) is 13.2 Å². The van der Waals surface area contributed by atoms with E-state index in [-0.39, 0.29) is 17.9 Å². The summed E-state index contributed by atoms with van der Waals surface area (Å²) in [6, 6.07) is 9.61. The van der Waals surface area contributed by atoms with Gasteiger partial charge in [0.05, 0.1) is 0 Å². The minimum Gasteiger partial charge on any atom is -0.351 e. The average Bonchev–Trinajstić information content (AvgIpc) is 2.82. The van der Waals surface area contributed by atoms with Crippen LogP contribution in [0.3, 0.4) is 0 Å². The number of hydrogen-bond donors (Lipinski definition) is 1. The molecule has 0 radical (unpaired) electrons. The van der Waals surface area contributed by atoms with Crippen molar-refractivity contribution >= 4 is 27.0 Å². The molecule has 1 amide bonds. The maximum absolute atomic E-state index is 13.1. The zero-order valence-electron chi connectivity index (χ0n) is 15.1. The van der Waals surface area contributed by atoms with Gasteiger partial charge >= 0.3 is 0 Å². The van der Waals surface area contributed by atoms with Crippen molar-refractivity contribution < 1.29 is 13.2 Å². The highest BCUT2D eigenvalue weighted by atomic mass is 32.2. The third kappa shape index (κ3) is 2.91. The number of benzene rings is 1. The Morgan fingerprint density at radius 1 is 1.15 bits per heavy atom. The Hall–Kier alpha value is -1.90. The molecule has 1 aromatic heterocycles. The van der Waals surface area contributed by atoms with Crippen LogP contribution in [0.2, 0.25) is 0 Å². The number of nitrogens with one attached hydrogen (secondary N) is 1. The highest BCUT2D eigenvalue weighted by Gasteiger charge is 2.41. The molecule has 3 fully saturated rings. The van der Waals surface area contributed by atoms with Gasteiger partial charge in [-0.2, -0.15) is 17.0 Å². The normalized spacial score (nSPS) is 24.3. The number of carbonyl (C=O) groups is 1. The fourth-order valence-electron chi connectivity index (χ4n) is 4.05. The summed E-state index contributed by atoms with van der Waals surface area (Å²) in [5, 5.41) is 1.01. The third-order valence-electron chi connectivity index (χ3n) is 5.49. The first kappa shape index (κ1) is 17.5. The second kappa shape index (κ2) is 6.37. The van der Waals surface area contributed by atoms with Gasteiger partial charge in [0, 0.05) is 50.7 Å². The van der Waals surface area contributed by atoms with Gasteiger partial charge in [-0.25, -0.2) is 0 Å². The summed E-state index contributed by atoms with van der Waals surface area (Å²) in [4.78, 5) is 18.2. The molecule has 0 spiro atoms. The molecule has 3 saturated heterocycles. The van der Waals surface area contributed by atoms with Crippen molar-refractivity contribution in [3.63, 3.8) is 0 Å². The van der Waals surface area contributed by atoms with Crippen LogP contribution in [0.1, 0.15) is 23.3 Å². The Bertz CT molecular complexity index is 904. The number of carbonyl (C=O) groups excluding carboxylic acids is 1. The van der Waals surface area contributed by atoms with E-state index in [1.807, 2.05) is 35.2 Å². The molecule has 0 unspecified atom stereocenters. The van der Waals surface area contributed by atoms with Gasteiger partial charge in [-0.15, -0.1) is 0 Å². The van der Waals surface area contributed by atoms with Gasteiger partial charge in [-0.1, -0.05) is 18.2 Å². The Kier molecular flexibility index (Phi) is 4.29. The zero-order chi connectivity index (χ0) is 18.5. The lowest BCUT2D eigenvalue weighted by Gasteiger charge is -2.35. The molecule has 2 atom stereocenters. The first-order valence-corrected chi connectivity index (χ1v) is 10.3. The SMILES string of the molecule is CN(C)S(=O)(=O)N1C[C@H]2CC[C@@H](C1)N(C(=O)c1cc3ccccc3[nH]1)C2. The lowest BCUT2D eigenvalue weighted by atomic mass is 9.95. The maximum Gasteiger partial charge on any atom is 0.281 e. The molecule has 5 rings (SSSR count). The van der Waals surface area contributed by atoms with Crippen LogP contribution in [0.4, 0.5) is 0 Å². The number of aromatic amines is 1. The van der Waals surface area contributed by atoms with E-state index in [0.29, 0.717) is 25.3 Å². The fourth-order valence-corrected chi connectivity index (χ4v) is 5.27. The molecule has 2 aromatic rings. The van der Waals surface area contributed by atoms with Gasteiger partial charge < -0.3 is 9.88 Å². The van der Waals surface area contributed by atoms with Crippen molar-refractivity contribution in [3.05, 3.63) is 36.0 Å². The number of amides is 1. The summed E-state index contributed by atoms with van der Waals surface area (Å²) in [5.41, 5.74) is 1.51. The minimum atomic E-state index is -3.46. The second-order valence-electron chi connectivity index (χ2n) is 7.43. The summed E-state index contributed by atoms with van der Waals surface area (Å²) >= 11 is 0. The first-order valence-electron chi connectivity index (χ1n) is 8.92. The number of rotatable bonds is 3. The molecule has 1 N–H and O–H groups in total. The number of piperidine rings is 1. The van der Waals surface area contributed by atoms with Crippen LogP contribution in [0.5, 0.6) is 0 Å². The van der Waals surface area contributed by atoms with E-state index in [1.54, 1.807) is 14.1 Å². The molecule has 0 aliphatic carbocycles. The molecule has 26 heavy (non-hydrogen) atoms. The van der Waals surface area contributed by atoms with Crippen molar-refractivity contribution in [3.8, 4) is 0 Å². The predicted molar refractivity (Wildman–Crippen MR) is 100 cm³/mol. The Morgan fingerprint density at radius 2 is 1.92 bits per heavy atom. The fraction of sp³-hybridized carbons (Fsp3) is 0.500. The van der Waals surface area contributed by atoms with Gasteiger partial charge in [-0.3, -0.25) is 4.79 Å². The molecule has 140 valence electrons. The van der Waals surface area contributed by atoms with Crippen molar-refractivity contribution in [2.45, 2.75) is 18.9 Å². The van der Waals surface area contributed by atoms with E-state index in [2.05, 4.69) is 4.98 Å². The van der Waals surface area contributed by atoms with Crippen molar-refractivity contribution in [2.75, 3.05) is 33.7 Å². The van der Waals surface area contributed by atoms with Gasteiger partial charge in [0.2, 0.25) is 0 Å². The Labute approximate surface area is 153 Å². The molecule has 7 nitrogen and oxygen atoms in total. The van der Waals surface area contributed by atoms with Crippen LogP contribution in [0.25, 0.3) is 10.9 Å². The topological polar surface area (TPSA) is 76.7 Å². The maximum atomic E-state index is 13.1. The lowest BCUT2D eigenvalue weighted by molar-refractivity contribution is 0.0583. The van der Waals surface area contributed by atoms with Gasteiger partial charge in [0.15, 0.2) is 0 Å². The van der Waals surface area contributed by atoms with Crippen LogP contribution in [-0.2, 0) is 10.2 Å². The molecule has 1 aromatic carbocycles. The van der Waals surface area contributed by atoms with E-state index >= 15 is 0 Å². The van der Waals surface area contributed by atoms with Gasteiger partial charge in [0.25, 0.3) is 16.1 Å². The molecule has 3 aliphatic rings. The van der Waals surface area contributed by atoms with Crippen LogP contribution < -0.4 is 0 Å². The zero-order valence-corrected chi connectivity index (χ0v) is 15.9. The summed E-state index contributed by atoms with van der Waals surface area (Å²) in [7, 11) is -0.360. The molecule has 0 saturated carbocycles. The van der Waals surface area contributed by atoms with Crippen LogP contribution in [0, 0.1) is 5.92 Å². The molecule has 8 heteroatoms. The smallest absolute Gasteiger partial charge is 0.281 e. The summed E-state index contributed by atoms with van der Waals surface area (Å²) < 4.78 is 27.9. The second-order valence-corrected chi connectivity index (χ2v) is 9.57. The Balaban J connectivity index is 1.61. The third-order valence-corrected chi connectivity index (χ3v) is 7.36. The summed E-state index contributed by atoms with van der Waals surface area (Å²) in [6.45, 7) is 1.45. The highest BCUT2D eigenvalue weighted by molar-refractivity contribution is 7.86. The number of nitrogens with zero attached hydrogens (tertiary/aromatic N) is 3. The van der Waals surface area contributed by atoms with E-state index < -0.39 is 10.2 Å². The van der Waals surface area contributed by atoms with Gasteiger partial charge in [0.1, 0.15) is 5.69 Å². The lowest BCUT2D eigenvalue weighted by Crippen LogP contribution is -2.48. The number of fused-ring (bicyclic) bond motifs is 5. The van der Waals surface area contributed by atoms with Crippen molar-refractivity contribution in [1.82, 2.24) is 18.5 Å². The van der Waals surface area contributed by atoms with Crippen molar-refractivity contribution in [2.24, 2.45) is 5.92 Å². The average molecular weight is 376 g/mol. The molecular weight excluding hydrogens is 352 g/mol. The van der Waals surface area contributed by atoms with Gasteiger partial charge in [-0.05, 0) is 30.9 Å². The highest BCUT2D eigenvalue weighted by Crippen LogP contribution is 2.31. The number of para-hydroxylation sites is 1. The van der Waals surface area contributed by atoms with E-state index in [0.717, 1.165) is 23.7 Å². The minimum absolute atomic E-state index is 0.0417. The Morgan fingerprint density at radius 3 is 2.65 bits per heavy atom. The van der Waals surface area contributed by atoms with E-state index in [1.165, 1.54) is 8.61 Å². The van der Waals surface area contributed by atoms with Crippen molar-refractivity contribution in [1.29, 1.82) is 0 Å². The van der Waals surface area contributed by atoms with Crippen LogP contribution in [0.15, 0.2) is 30.3 Å².